The van der Waals surface area contributed by atoms with Gasteiger partial charge in [-0.3, -0.25) is 9.59 Å². The number of carbonyl (C=O) groups is 2. The third kappa shape index (κ3) is 56.2. The monoisotopic (exact) mass is 951 g/mol. The second kappa shape index (κ2) is 58.9. The van der Waals surface area contributed by atoms with Crippen LogP contribution in [0.2, 0.25) is 0 Å². The second-order valence-corrected chi connectivity index (χ2v) is 19.9. The fourth-order valence-corrected chi connectivity index (χ4v) is 8.62. The molecule has 0 heterocycles. The maximum atomic E-state index is 12.8. The average Bonchev–Trinajstić information content (AvgIpc) is 3.34. The minimum atomic E-state index is -0.557. The molecule has 0 saturated heterocycles. The number of ether oxygens (including phenoxy) is 3. The fourth-order valence-electron chi connectivity index (χ4n) is 8.62. The van der Waals surface area contributed by atoms with Crippen molar-refractivity contribution in [1.82, 2.24) is 0 Å². The molecule has 396 valence electrons. The van der Waals surface area contributed by atoms with Gasteiger partial charge in [0, 0.05) is 19.4 Å². The van der Waals surface area contributed by atoms with E-state index in [0.717, 1.165) is 70.6 Å². The van der Waals surface area contributed by atoms with Crippen molar-refractivity contribution in [2.24, 2.45) is 0 Å². The molecule has 0 aromatic rings. The molecule has 0 rings (SSSR count). The Hall–Kier alpha value is -2.40. The van der Waals surface area contributed by atoms with E-state index in [1.54, 1.807) is 0 Å². The molecule has 0 aromatic heterocycles. The van der Waals surface area contributed by atoms with Gasteiger partial charge in [0.15, 0.2) is 6.10 Å². The molecule has 5 heteroatoms. The first-order chi connectivity index (χ1) is 33.6. The summed E-state index contributed by atoms with van der Waals surface area (Å²) in [6, 6.07) is 0. The van der Waals surface area contributed by atoms with Crippen molar-refractivity contribution in [3.05, 3.63) is 60.8 Å². The fraction of sp³-hybridized carbons (Fsp3) is 0.810. The van der Waals surface area contributed by atoms with E-state index in [1.807, 2.05) is 0 Å². The van der Waals surface area contributed by atoms with Gasteiger partial charge in [0.2, 0.25) is 0 Å². The van der Waals surface area contributed by atoms with Crippen LogP contribution in [0, 0.1) is 0 Å². The Bertz CT molecular complexity index is 1170. The summed E-state index contributed by atoms with van der Waals surface area (Å²) < 4.78 is 17.5. The SMILES string of the molecule is CC/C=C\C/C=C\C/C=C\C/C=C\CCCCC(=O)O[C@H](COCCCCCCCCCCCCCCCCCC)COC(=O)CCCCCCCCCCCCC/C=C\CCCCCCCC. The Morgan fingerprint density at radius 1 is 0.338 bits per heavy atom. The molecular weight excluding hydrogens is 837 g/mol. The minimum Gasteiger partial charge on any atom is -0.462 e. The van der Waals surface area contributed by atoms with Crippen molar-refractivity contribution < 1.29 is 23.8 Å². The number of unbranched alkanes of at least 4 members (excludes halogenated alkanes) is 34. The molecule has 0 aliphatic rings. The molecule has 0 N–H and O–H groups in total. The zero-order valence-corrected chi connectivity index (χ0v) is 45.6. The van der Waals surface area contributed by atoms with E-state index in [1.165, 1.54) is 199 Å². The van der Waals surface area contributed by atoms with Gasteiger partial charge in [0.05, 0.1) is 6.61 Å². The Morgan fingerprint density at radius 3 is 1.10 bits per heavy atom. The van der Waals surface area contributed by atoms with Crippen LogP contribution in [0.3, 0.4) is 0 Å². The zero-order chi connectivity index (χ0) is 49.2. The van der Waals surface area contributed by atoms with Gasteiger partial charge in [-0.2, -0.15) is 0 Å². The van der Waals surface area contributed by atoms with Crippen LogP contribution in [-0.2, 0) is 23.8 Å². The predicted molar refractivity (Wildman–Crippen MR) is 298 cm³/mol. The molecule has 68 heavy (non-hydrogen) atoms. The van der Waals surface area contributed by atoms with Crippen molar-refractivity contribution in [3.63, 3.8) is 0 Å². The smallest absolute Gasteiger partial charge is 0.306 e. The topological polar surface area (TPSA) is 61.8 Å². The van der Waals surface area contributed by atoms with Gasteiger partial charge < -0.3 is 14.2 Å². The molecule has 0 spiro atoms. The van der Waals surface area contributed by atoms with E-state index in [2.05, 4.69) is 81.5 Å². The van der Waals surface area contributed by atoms with E-state index in [9.17, 15) is 9.59 Å². The highest BCUT2D eigenvalue weighted by molar-refractivity contribution is 5.70. The number of carbonyl (C=O) groups excluding carboxylic acids is 2. The van der Waals surface area contributed by atoms with E-state index in [0.29, 0.717) is 19.4 Å². The largest absolute Gasteiger partial charge is 0.462 e. The molecule has 1 atom stereocenters. The van der Waals surface area contributed by atoms with Gasteiger partial charge in [0.1, 0.15) is 6.61 Å². The Balaban J connectivity index is 4.26. The summed E-state index contributed by atoms with van der Waals surface area (Å²) in [4.78, 5) is 25.5. The average molecular weight is 952 g/mol. The number of rotatable bonds is 55. The lowest BCUT2D eigenvalue weighted by molar-refractivity contribution is -0.163. The van der Waals surface area contributed by atoms with Crippen LogP contribution in [0.1, 0.15) is 303 Å². The summed E-state index contributed by atoms with van der Waals surface area (Å²) in [6.07, 6.45) is 75.4. The van der Waals surface area contributed by atoms with E-state index >= 15 is 0 Å². The highest BCUT2D eigenvalue weighted by Gasteiger charge is 2.17. The van der Waals surface area contributed by atoms with Crippen LogP contribution in [0.15, 0.2) is 60.8 Å². The first kappa shape index (κ1) is 65.6. The molecule has 0 aromatic carbocycles. The highest BCUT2D eigenvalue weighted by Crippen LogP contribution is 2.16. The molecule has 5 nitrogen and oxygen atoms in total. The van der Waals surface area contributed by atoms with Gasteiger partial charge in [-0.1, -0.05) is 268 Å². The maximum absolute atomic E-state index is 12.8. The van der Waals surface area contributed by atoms with E-state index in [-0.39, 0.29) is 25.2 Å². The van der Waals surface area contributed by atoms with Crippen molar-refractivity contribution in [1.29, 1.82) is 0 Å². The standard InChI is InChI=1S/C63H114O5/c1-4-7-10-13-16-19-22-25-28-30-31-32-33-34-36-38-41-44-47-50-53-56-62(64)67-60-61(59-66-58-55-52-49-46-43-40-37-29-26-23-20-17-14-11-8-5-2)68-63(65)57-54-51-48-45-42-39-35-27-24-21-18-15-12-9-6-3/h9,12,18,21,25,27-28,35,42,45,61H,4-8,10-11,13-17,19-20,22-24,26,29-34,36-41,43-44,46-60H2,1-3H3/b12-9-,21-18-,28-25-,35-27-,45-42-/t61-/m1/s1. The lowest BCUT2D eigenvalue weighted by Crippen LogP contribution is -2.30. The van der Waals surface area contributed by atoms with Gasteiger partial charge in [-0.05, 0) is 83.5 Å². The Morgan fingerprint density at radius 2 is 0.662 bits per heavy atom. The molecule has 0 amide bonds. The summed E-state index contributed by atoms with van der Waals surface area (Å²) in [6.45, 7) is 7.72. The molecule has 0 unspecified atom stereocenters. The van der Waals surface area contributed by atoms with E-state index in [4.69, 9.17) is 14.2 Å². The predicted octanol–water partition coefficient (Wildman–Crippen LogP) is 20.5. The summed E-state index contributed by atoms with van der Waals surface area (Å²) in [5.74, 6) is -0.431. The Kier molecular flexibility index (Phi) is 56.8. The lowest BCUT2D eigenvalue weighted by atomic mass is 10.0. The molecule has 0 saturated carbocycles. The minimum absolute atomic E-state index is 0.0709. The third-order valence-corrected chi connectivity index (χ3v) is 13.0. The number of hydrogen-bond donors (Lipinski definition) is 0. The van der Waals surface area contributed by atoms with Crippen LogP contribution >= 0.6 is 0 Å². The summed E-state index contributed by atoms with van der Waals surface area (Å²) >= 11 is 0. The molecule has 0 radical (unpaired) electrons. The first-order valence-corrected chi connectivity index (χ1v) is 29.8. The highest BCUT2D eigenvalue weighted by atomic mass is 16.6. The summed E-state index contributed by atoms with van der Waals surface area (Å²) in [7, 11) is 0. The number of esters is 2. The lowest BCUT2D eigenvalue weighted by Gasteiger charge is -2.18. The van der Waals surface area contributed by atoms with Crippen molar-refractivity contribution in [2.45, 2.75) is 309 Å². The van der Waals surface area contributed by atoms with Gasteiger partial charge >= 0.3 is 11.9 Å². The van der Waals surface area contributed by atoms with Crippen LogP contribution < -0.4 is 0 Å². The number of hydrogen-bond acceptors (Lipinski definition) is 5. The molecule has 0 aliphatic carbocycles. The molecule has 0 aliphatic heterocycles. The maximum Gasteiger partial charge on any atom is 0.306 e. The summed E-state index contributed by atoms with van der Waals surface area (Å²) in [5.41, 5.74) is 0. The first-order valence-electron chi connectivity index (χ1n) is 29.8. The molecular formula is C63H114O5. The van der Waals surface area contributed by atoms with Gasteiger partial charge in [-0.25, -0.2) is 0 Å². The third-order valence-electron chi connectivity index (χ3n) is 13.0. The molecule has 0 fully saturated rings. The number of allylic oxidation sites excluding steroid dienone is 10. The normalized spacial score (nSPS) is 12.6. The van der Waals surface area contributed by atoms with E-state index < -0.39 is 6.10 Å². The quantitative estimate of drug-likeness (QED) is 0.0345. The van der Waals surface area contributed by atoms with Gasteiger partial charge in [-0.15, -0.1) is 0 Å². The van der Waals surface area contributed by atoms with Crippen LogP contribution in [0.4, 0.5) is 0 Å². The van der Waals surface area contributed by atoms with Crippen LogP contribution in [0.5, 0.6) is 0 Å². The molecule has 0 bridgehead atoms. The van der Waals surface area contributed by atoms with Crippen molar-refractivity contribution >= 4 is 11.9 Å². The van der Waals surface area contributed by atoms with Gasteiger partial charge in [0.25, 0.3) is 0 Å². The second-order valence-electron chi connectivity index (χ2n) is 19.9. The van der Waals surface area contributed by atoms with Crippen LogP contribution in [-0.4, -0.2) is 37.9 Å². The van der Waals surface area contributed by atoms with Crippen LogP contribution in [0.25, 0.3) is 0 Å². The Labute approximate surface area is 424 Å². The van der Waals surface area contributed by atoms with Crippen molar-refractivity contribution in [3.8, 4) is 0 Å². The summed E-state index contributed by atoms with van der Waals surface area (Å²) in [5, 5.41) is 0. The van der Waals surface area contributed by atoms with Crippen molar-refractivity contribution in [2.75, 3.05) is 19.8 Å². The zero-order valence-electron chi connectivity index (χ0n) is 45.6.